The lowest BCUT2D eigenvalue weighted by molar-refractivity contribution is -0.143. The predicted molar refractivity (Wildman–Crippen MR) is 72.8 cm³/mol. The zero-order valence-electron chi connectivity index (χ0n) is 11.6. The van der Waals surface area contributed by atoms with Gasteiger partial charge in [-0.2, -0.15) is 24.9 Å². The average molecular weight is 321 g/mol. The molecule has 5 nitrogen and oxygen atoms in total. The molecule has 9 heteroatoms. The van der Waals surface area contributed by atoms with Crippen LogP contribution < -0.4 is 0 Å². The molecule has 1 aromatic rings. The molecule has 3 rings (SSSR count). The standard InChI is InChI=1S/C12H18F3N5S/c13-12(14,15)8-20-11(16-17-18-20)7-19-5-6-21-10-4-2-1-3-9(10)19/h9-10H,1-8H2/t9-,10+/m1/s1. The first-order valence-corrected chi connectivity index (χ1v) is 8.25. The van der Waals surface area contributed by atoms with Crippen molar-refractivity contribution < 1.29 is 13.2 Å². The topological polar surface area (TPSA) is 46.8 Å². The third kappa shape index (κ3) is 3.68. The van der Waals surface area contributed by atoms with E-state index in [-0.39, 0.29) is 0 Å². The second-order valence-corrected chi connectivity index (χ2v) is 6.95. The Bertz CT molecular complexity index is 476. The van der Waals surface area contributed by atoms with Crippen LogP contribution in [0.1, 0.15) is 31.5 Å². The molecule has 1 aliphatic carbocycles. The molecule has 1 saturated heterocycles. The number of fused-ring (bicyclic) bond motifs is 1. The number of thioether (sulfide) groups is 1. The second-order valence-electron chi connectivity index (χ2n) is 5.60. The number of hydrogen-bond acceptors (Lipinski definition) is 5. The molecule has 21 heavy (non-hydrogen) atoms. The first kappa shape index (κ1) is 15.1. The minimum atomic E-state index is -4.30. The lowest BCUT2D eigenvalue weighted by atomic mass is 9.93. The normalized spacial score (nSPS) is 27.6. The Morgan fingerprint density at radius 2 is 2.05 bits per heavy atom. The molecule has 0 radical (unpaired) electrons. The highest BCUT2D eigenvalue weighted by molar-refractivity contribution is 8.00. The summed E-state index contributed by atoms with van der Waals surface area (Å²) in [5, 5.41) is 11.3. The fraction of sp³-hybridized carbons (Fsp3) is 0.917. The molecule has 1 aliphatic heterocycles. The van der Waals surface area contributed by atoms with Gasteiger partial charge in [0.1, 0.15) is 6.54 Å². The van der Waals surface area contributed by atoms with E-state index in [0.29, 0.717) is 23.7 Å². The van der Waals surface area contributed by atoms with Gasteiger partial charge in [-0.25, -0.2) is 4.68 Å². The molecule has 1 aromatic heterocycles. The Labute approximate surface area is 125 Å². The molecule has 2 aliphatic rings. The van der Waals surface area contributed by atoms with Crippen LogP contribution in [0.25, 0.3) is 0 Å². The lowest BCUT2D eigenvalue weighted by Gasteiger charge is -2.43. The fourth-order valence-corrected chi connectivity index (χ4v) is 4.69. The van der Waals surface area contributed by atoms with Crippen molar-refractivity contribution in [1.82, 2.24) is 25.1 Å². The van der Waals surface area contributed by atoms with Crippen LogP contribution in [0.15, 0.2) is 0 Å². The first-order valence-electron chi connectivity index (χ1n) is 7.20. The van der Waals surface area contributed by atoms with Gasteiger partial charge < -0.3 is 0 Å². The summed E-state index contributed by atoms with van der Waals surface area (Å²) in [7, 11) is 0. The highest BCUT2D eigenvalue weighted by Gasteiger charge is 2.35. The summed E-state index contributed by atoms with van der Waals surface area (Å²) >= 11 is 2.00. The molecule has 2 atom stereocenters. The van der Waals surface area contributed by atoms with Crippen molar-refractivity contribution in [3.63, 3.8) is 0 Å². The van der Waals surface area contributed by atoms with Gasteiger partial charge in [-0.15, -0.1) is 5.10 Å². The predicted octanol–water partition coefficient (Wildman–Crippen LogP) is 2.10. The molecule has 0 bridgehead atoms. The number of alkyl halides is 3. The molecule has 0 unspecified atom stereocenters. The fourth-order valence-electron chi connectivity index (χ4n) is 3.18. The van der Waals surface area contributed by atoms with Crippen molar-refractivity contribution >= 4 is 11.8 Å². The van der Waals surface area contributed by atoms with Crippen LogP contribution in [0.2, 0.25) is 0 Å². The molecule has 2 heterocycles. The Morgan fingerprint density at radius 1 is 1.24 bits per heavy atom. The van der Waals surface area contributed by atoms with E-state index in [1.54, 1.807) is 0 Å². The third-order valence-electron chi connectivity index (χ3n) is 4.13. The van der Waals surface area contributed by atoms with Gasteiger partial charge in [0.25, 0.3) is 0 Å². The maximum absolute atomic E-state index is 12.5. The van der Waals surface area contributed by atoms with Crippen LogP contribution >= 0.6 is 11.8 Å². The highest BCUT2D eigenvalue weighted by atomic mass is 32.2. The second kappa shape index (κ2) is 6.12. The average Bonchev–Trinajstić information content (AvgIpc) is 2.84. The lowest BCUT2D eigenvalue weighted by Crippen LogP contribution is -2.48. The summed E-state index contributed by atoms with van der Waals surface area (Å²) in [5.74, 6) is 1.34. The summed E-state index contributed by atoms with van der Waals surface area (Å²) in [6.07, 6.45) is 0.493. The summed E-state index contributed by atoms with van der Waals surface area (Å²) in [5.41, 5.74) is 0. The molecule has 2 fully saturated rings. The van der Waals surface area contributed by atoms with E-state index in [4.69, 9.17) is 0 Å². The molecule has 0 aromatic carbocycles. The quantitative estimate of drug-likeness (QED) is 0.853. The monoisotopic (exact) mass is 321 g/mol. The maximum Gasteiger partial charge on any atom is 0.408 e. The Kier molecular flexibility index (Phi) is 4.39. The largest absolute Gasteiger partial charge is 0.408 e. The van der Waals surface area contributed by atoms with Gasteiger partial charge in [0.15, 0.2) is 5.82 Å². The van der Waals surface area contributed by atoms with Crippen LogP contribution in [0.4, 0.5) is 13.2 Å². The Morgan fingerprint density at radius 3 is 2.86 bits per heavy atom. The van der Waals surface area contributed by atoms with E-state index in [1.165, 1.54) is 19.3 Å². The molecular weight excluding hydrogens is 303 g/mol. The van der Waals surface area contributed by atoms with Gasteiger partial charge in [0.05, 0.1) is 6.54 Å². The minimum absolute atomic E-state index is 0.309. The zero-order valence-corrected chi connectivity index (χ0v) is 12.4. The van der Waals surface area contributed by atoms with E-state index >= 15 is 0 Å². The van der Waals surface area contributed by atoms with Gasteiger partial charge >= 0.3 is 6.18 Å². The van der Waals surface area contributed by atoms with Gasteiger partial charge in [-0.1, -0.05) is 12.8 Å². The van der Waals surface area contributed by atoms with E-state index in [2.05, 4.69) is 20.4 Å². The maximum atomic E-state index is 12.5. The van der Waals surface area contributed by atoms with Crippen molar-refractivity contribution in [2.24, 2.45) is 0 Å². The van der Waals surface area contributed by atoms with Crippen molar-refractivity contribution in [3.8, 4) is 0 Å². The summed E-state index contributed by atoms with van der Waals surface area (Å²) in [6, 6.07) is 0.452. The smallest absolute Gasteiger partial charge is 0.291 e. The van der Waals surface area contributed by atoms with E-state index < -0.39 is 12.7 Å². The van der Waals surface area contributed by atoms with Crippen LogP contribution in [-0.2, 0) is 13.1 Å². The zero-order chi connectivity index (χ0) is 14.9. The highest BCUT2D eigenvalue weighted by Crippen LogP contribution is 2.36. The number of halogens is 3. The third-order valence-corrected chi connectivity index (χ3v) is 5.52. The number of hydrogen-bond donors (Lipinski definition) is 0. The van der Waals surface area contributed by atoms with Gasteiger partial charge in [-0.05, 0) is 23.3 Å². The van der Waals surface area contributed by atoms with Crippen molar-refractivity contribution in [3.05, 3.63) is 5.82 Å². The first-order chi connectivity index (χ1) is 10.0. The van der Waals surface area contributed by atoms with Crippen molar-refractivity contribution in [2.75, 3.05) is 12.3 Å². The van der Waals surface area contributed by atoms with E-state index in [0.717, 1.165) is 23.4 Å². The number of aromatic nitrogens is 4. The van der Waals surface area contributed by atoms with Crippen LogP contribution in [0.5, 0.6) is 0 Å². The Balaban J connectivity index is 1.69. The molecule has 0 N–H and O–H groups in total. The Hall–Kier alpha value is -0.830. The van der Waals surface area contributed by atoms with Gasteiger partial charge in [0.2, 0.25) is 0 Å². The van der Waals surface area contributed by atoms with Crippen LogP contribution in [-0.4, -0.2) is 54.9 Å². The number of rotatable bonds is 3. The number of tetrazole rings is 1. The number of nitrogens with zero attached hydrogens (tertiary/aromatic N) is 5. The minimum Gasteiger partial charge on any atom is -0.291 e. The molecule has 0 spiro atoms. The molecule has 0 amide bonds. The van der Waals surface area contributed by atoms with Crippen LogP contribution in [0, 0.1) is 0 Å². The molecule has 1 saturated carbocycles. The van der Waals surface area contributed by atoms with E-state index in [1.807, 2.05) is 11.8 Å². The van der Waals surface area contributed by atoms with Gasteiger partial charge in [0, 0.05) is 23.6 Å². The van der Waals surface area contributed by atoms with Gasteiger partial charge in [-0.3, -0.25) is 4.90 Å². The molecular formula is C12H18F3N5S. The van der Waals surface area contributed by atoms with Crippen molar-refractivity contribution in [2.45, 2.75) is 56.2 Å². The van der Waals surface area contributed by atoms with E-state index in [9.17, 15) is 13.2 Å². The summed E-state index contributed by atoms with van der Waals surface area (Å²) in [4.78, 5) is 2.26. The van der Waals surface area contributed by atoms with Crippen LogP contribution in [0.3, 0.4) is 0 Å². The SMILES string of the molecule is FC(F)(F)Cn1nnnc1CN1CCS[C@H]2CCCC[C@H]21. The van der Waals surface area contributed by atoms with Crippen molar-refractivity contribution in [1.29, 1.82) is 0 Å². The summed E-state index contributed by atoms with van der Waals surface area (Å²) in [6.45, 7) is 0.182. The molecule has 118 valence electrons. The summed E-state index contributed by atoms with van der Waals surface area (Å²) < 4.78 is 38.4.